The van der Waals surface area contributed by atoms with Crippen molar-refractivity contribution in [3.63, 3.8) is 0 Å². The van der Waals surface area contributed by atoms with E-state index in [1.54, 1.807) is 32.2 Å². The molecular formula is C20H20N2O5. The topological polar surface area (TPSA) is 90.7 Å². The zero-order valence-corrected chi connectivity index (χ0v) is 15.2. The van der Waals surface area contributed by atoms with Crippen LogP contribution in [0.4, 0.5) is 0 Å². The maximum atomic E-state index is 12.2. The van der Waals surface area contributed by atoms with Crippen LogP contribution in [-0.4, -0.2) is 37.1 Å². The van der Waals surface area contributed by atoms with Gasteiger partial charge in [0.25, 0.3) is 5.91 Å². The summed E-state index contributed by atoms with van der Waals surface area (Å²) in [4.78, 5) is 28.0. The first-order valence-electron chi connectivity index (χ1n) is 8.59. The van der Waals surface area contributed by atoms with Crippen LogP contribution in [0.1, 0.15) is 23.7 Å². The SMILES string of the molecule is CCOC(=O)CCNC(=O)c1ccc2nc(-c3cccc(OC)c3)oc2c1. The van der Waals surface area contributed by atoms with Gasteiger partial charge in [0.2, 0.25) is 5.89 Å². The van der Waals surface area contributed by atoms with Crippen molar-refractivity contribution in [1.29, 1.82) is 0 Å². The zero-order valence-electron chi connectivity index (χ0n) is 15.2. The number of carbonyl (C=O) groups is 2. The summed E-state index contributed by atoms with van der Waals surface area (Å²) in [5, 5.41) is 2.69. The third-order valence-electron chi connectivity index (χ3n) is 3.89. The minimum atomic E-state index is -0.341. The van der Waals surface area contributed by atoms with Crippen LogP contribution in [0.3, 0.4) is 0 Å². The van der Waals surface area contributed by atoms with Gasteiger partial charge in [0.1, 0.15) is 11.3 Å². The number of hydrogen-bond donors (Lipinski definition) is 1. The van der Waals surface area contributed by atoms with Gasteiger partial charge in [-0.1, -0.05) is 6.07 Å². The number of amides is 1. The Morgan fingerprint density at radius 2 is 2.04 bits per heavy atom. The van der Waals surface area contributed by atoms with Crippen molar-refractivity contribution < 1.29 is 23.5 Å². The average Bonchev–Trinajstić information content (AvgIpc) is 3.11. The van der Waals surface area contributed by atoms with E-state index in [9.17, 15) is 9.59 Å². The Hall–Kier alpha value is -3.35. The zero-order chi connectivity index (χ0) is 19.2. The Labute approximate surface area is 156 Å². The number of ether oxygens (including phenoxy) is 2. The van der Waals surface area contributed by atoms with E-state index in [2.05, 4.69) is 10.3 Å². The molecule has 1 aromatic heterocycles. The molecule has 2 aromatic carbocycles. The minimum Gasteiger partial charge on any atom is -0.497 e. The normalized spacial score (nSPS) is 10.6. The number of esters is 1. The Bertz CT molecular complexity index is 964. The van der Waals surface area contributed by atoms with Gasteiger partial charge in [-0.15, -0.1) is 0 Å². The van der Waals surface area contributed by atoms with Gasteiger partial charge >= 0.3 is 5.97 Å². The van der Waals surface area contributed by atoms with Crippen LogP contribution in [-0.2, 0) is 9.53 Å². The largest absolute Gasteiger partial charge is 0.497 e. The molecule has 0 saturated carbocycles. The molecule has 0 radical (unpaired) electrons. The highest BCUT2D eigenvalue weighted by Crippen LogP contribution is 2.27. The van der Waals surface area contributed by atoms with E-state index in [-0.39, 0.29) is 24.8 Å². The third kappa shape index (κ3) is 4.44. The molecule has 0 aliphatic carbocycles. The molecule has 0 bridgehead atoms. The molecule has 7 heteroatoms. The molecule has 3 aromatic rings. The van der Waals surface area contributed by atoms with Crippen molar-refractivity contribution in [3.05, 3.63) is 48.0 Å². The monoisotopic (exact) mass is 368 g/mol. The number of aromatic nitrogens is 1. The number of nitrogens with zero attached hydrogens (tertiary/aromatic N) is 1. The molecule has 0 unspecified atom stereocenters. The lowest BCUT2D eigenvalue weighted by Gasteiger charge is -2.05. The number of fused-ring (bicyclic) bond motifs is 1. The molecular weight excluding hydrogens is 348 g/mol. The third-order valence-corrected chi connectivity index (χ3v) is 3.89. The number of oxazole rings is 1. The quantitative estimate of drug-likeness (QED) is 0.644. The van der Waals surface area contributed by atoms with E-state index in [4.69, 9.17) is 13.9 Å². The van der Waals surface area contributed by atoms with E-state index in [1.165, 1.54) is 0 Å². The summed E-state index contributed by atoms with van der Waals surface area (Å²) in [6, 6.07) is 12.4. The summed E-state index contributed by atoms with van der Waals surface area (Å²) in [6.45, 7) is 2.27. The van der Waals surface area contributed by atoms with Crippen LogP contribution in [0.15, 0.2) is 46.9 Å². The van der Waals surface area contributed by atoms with Crippen LogP contribution in [0.5, 0.6) is 5.75 Å². The smallest absolute Gasteiger partial charge is 0.307 e. The Morgan fingerprint density at radius 3 is 2.81 bits per heavy atom. The molecule has 27 heavy (non-hydrogen) atoms. The fourth-order valence-electron chi connectivity index (χ4n) is 2.56. The van der Waals surface area contributed by atoms with Crippen molar-refractivity contribution >= 4 is 23.0 Å². The molecule has 1 N–H and O–H groups in total. The van der Waals surface area contributed by atoms with Gasteiger partial charge in [-0.3, -0.25) is 9.59 Å². The molecule has 140 valence electrons. The van der Waals surface area contributed by atoms with E-state index < -0.39 is 0 Å². The molecule has 0 spiro atoms. The highest BCUT2D eigenvalue weighted by Gasteiger charge is 2.13. The number of methoxy groups -OCH3 is 1. The van der Waals surface area contributed by atoms with Crippen LogP contribution in [0.25, 0.3) is 22.6 Å². The molecule has 7 nitrogen and oxygen atoms in total. The summed E-state index contributed by atoms with van der Waals surface area (Å²) in [5.74, 6) is 0.520. The summed E-state index contributed by atoms with van der Waals surface area (Å²) >= 11 is 0. The Balaban J connectivity index is 1.73. The molecule has 1 heterocycles. The minimum absolute atomic E-state index is 0.129. The van der Waals surface area contributed by atoms with E-state index in [1.807, 2.05) is 24.3 Å². The average molecular weight is 368 g/mol. The first kappa shape index (κ1) is 18.4. The predicted molar refractivity (Wildman–Crippen MR) is 99.6 cm³/mol. The lowest BCUT2D eigenvalue weighted by atomic mass is 10.2. The molecule has 0 atom stereocenters. The summed E-state index contributed by atoms with van der Waals surface area (Å²) in [7, 11) is 1.60. The number of nitrogens with one attached hydrogen (secondary N) is 1. The second-order valence-electron chi connectivity index (χ2n) is 5.74. The number of rotatable bonds is 7. The second kappa shape index (κ2) is 8.35. The maximum absolute atomic E-state index is 12.2. The van der Waals surface area contributed by atoms with Gasteiger partial charge < -0.3 is 19.2 Å². The summed E-state index contributed by atoms with van der Waals surface area (Å²) in [6.07, 6.45) is 0.129. The van der Waals surface area contributed by atoms with Crippen LogP contribution >= 0.6 is 0 Å². The highest BCUT2D eigenvalue weighted by molar-refractivity contribution is 5.97. The fourth-order valence-corrected chi connectivity index (χ4v) is 2.56. The lowest BCUT2D eigenvalue weighted by molar-refractivity contribution is -0.142. The van der Waals surface area contributed by atoms with Gasteiger partial charge in [0.15, 0.2) is 5.58 Å². The van der Waals surface area contributed by atoms with Gasteiger partial charge in [0, 0.05) is 17.7 Å². The van der Waals surface area contributed by atoms with Crippen LogP contribution < -0.4 is 10.1 Å². The van der Waals surface area contributed by atoms with Crippen molar-refractivity contribution in [2.24, 2.45) is 0 Å². The standard InChI is InChI=1S/C20H20N2O5/c1-3-26-18(23)9-10-21-19(24)13-7-8-16-17(12-13)27-20(22-16)14-5-4-6-15(11-14)25-2/h4-8,11-12H,3,9-10H2,1-2H3,(H,21,24). The van der Waals surface area contributed by atoms with Crippen LogP contribution in [0, 0.1) is 0 Å². The van der Waals surface area contributed by atoms with E-state index in [0.29, 0.717) is 34.9 Å². The van der Waals surface area contributed by atoms with Crippen molar-refractivity contribution in [3.8, 4) is 17.2 Å². The van der Waals surface area contributed by atoms with Gasteiger partial charge in [-0.05, 0) is 43.3 Å². The molecule has 0 fully saturated rings. The van der Waals surface area contributed by atoms with Gasteiger partial charge in [-0.25, -0.2) is 4.98 Å². The predicted octanol–water partition coefficient (Wildman–Crippen LogP) is 3.19. The number of hydrogen-bond acceptors (Lipinski definition) is 6. The van der Waals surface area contributed by atoms with Crippen molar-refractivity contribution in [1.82, 2.24) is 10.3 Å². The summed E-state index contributed by atoms with van der Waals surface area (Å²) in [5.41, 5.74) is 2.37. The Morgan fingerprint density at radius 1 is 1.19 bits per heavy atom. The molecule has 0 saturated heterocycles. The molecule has 3 rings (SSSR count). The molecule has 1 amide bonds. The highest BCUT2D eigenvalue weighted by atomic mass is 16.5. The fraction of sp³-hybridized carbons (Fsp3) is 0.250. The summed E-state index contributed by atoms with van der Waals surface area (Å²) < 4.78 is 15.8. The first-order chi connectivity index (χ1) is 13.1. The van der Waals surface area contributed by atoms with Crippen LogP contribution in [0.2, 0.25) is 0 Å². The molecule has 0 aliphatic rings. The number of carbonyl (C=O) groups excluding carboxylic acids is 2. The second-order valence-corrected chi connectivity index (χ2v) is 5.74. The lowest BCUT2D eigenvalue weighted by Crippen LogP contribution is -2.26. The number of benzene rings is 2. The molecule has 0 aliphatic heterocycles. The van der Waals surface area contributed by atoms with Crippen molar-refractivity contribution in [2.45, 2.75) is 13.3 Å². The van der Waals surface area contributed by atoms with E-state index in [0.717, 1.165) is 5.56 Å². The van der Waals surface area contributed by atoms with E-state index >= 15 is 0 Å². The Kier molecular flexibility index (Phi) is 5.71. The van der Waals surface area contributed by atoms with Crippen molar-refractivity contribution in [2.75, 3.05) is 20.3 Å². The van der Waals surface area contributed by atoms with Gasteiger partial charge in [-0.2, -0.15) is 0 Å². The first-order valence-corrected chi connectivity index (χ1v) is 8.59. The van der Waals surface area contributed by atoms with Gasteiger partial charge in [0.05, 0.1) is 20.1 Å². The maximum Gasteiger partial charge on any atom is 0.307 e.